The monoisotopic (exact) mass is 399 g/mol. The minimum atomic E-state index is -0.700. The van der Waals surface area contributed by atoms with Crippen LogP contribution in [-0.2, 0) is 11.2 Å². The highest BCUT2D eigenvalue weighted by Crippen LogP contribution is 2.34. The molecule has 3 nitrogen and oxygen atoms in total. The van der Waals surface area contributed by atoms with Gasteiger partial charge in [0.05, 0.1) is 15.1 Å². The molecule has 0 saturated heterocycles. The van der Waals surface area contributed by atoms with Gasteiger partial charge in [-0.2, -0.15) is 0 Å². The molecule has 0 aromatic heterocycles. The van der Waals surface area contributed by atoms with Crippen LogP contribution in [0.5, 0.6) is 5.75 Å². The number of aryl methyl sites for hydroxylation is 1. The molecule has 0 unspecified atom stereocenters. The molecule has 0 bridgehead atoms. The Bertz CT molecular complexity index is 722. The maximum atomic E-state index is 12.3. The second-order valence-electron chi connectivity index (χ2n) is 5.89. The first-order valence-corrected chi connectivity index (χ1v) is 9.15. The molecular weight excluding hydrogens is 381 g/mol. The third-order valence-electron chi connectivity index (χ3n) is 3.75. The second kappa shape index (κ2) is 9.33. The summed E-state index contributed by atoms with van der Waals surface area (Å²) in [4.78, 5) is 12.3. The number of amides is 1. The molecule has 0 radical (unpaired) electrons. The third-order valence-corrected chi connectivity index (χ3v) is 4.76. The molecule has 6 heteroatoms. The van der Waals surface area contributed by atoms with E-state index in [4.69, 9.17) is 39.5 Å². The van der Waals surface area contributed by atoms with Gasteiger partial charge in [-0.05, 0) is 38.3 Å². The minimum absolute atomic E-state index is 0.0306. The summed E-state index contributed by atoms with van der Waals surface area (Å²) in [6.45, 7) is 3.64. The van der Waals surface area contributed by atoms with E-state index >= 15 is 0 Å². The summed E-state index contributed by atoms with van der Waals surface area (Å²) >= 11 is 17.9. The smallest absolute Gasteiger partial charge is 0.260 e. The molecule has 2 aromatic carbocycles. The van der Waals surface area contributed by atoms with E-state index in [2.05, 4.69) is 17.4 Å². The Morgan fingerprint density at radius 2 is 1.68 bits per heavy atom. The quantitative estimate of drug-likeness (QED) is 0.619. The SMILES string of the molecule is C[C@H](CCc1ccccc1)NC(=O)[C@@H](C)Oc1cc(Cl)c(Cl)cc1Cl. The fraction of sp³-hybridized carbons (Fsp3) is 0.316. The normalized spacial score (nSPS) is 13.2. The van der Waals surface area contributed by atoms with Crippen molar-refractivity contribution in [2.45, 2.75) is 38.8 Å². The predicted octanol–water partition coefficient (Wildman–Crippen LogP) is 5.55. The molecule has 0 heterocycles. The van der Waals surface area contributed by atoms with Crippen molar-refractivity contribution in [2.24, 2.45) is 0 Å². The van der Waals surface area contributed by atoms with E-state index in [-0.39, 0.29) is 11.9 Å². The Balaban J connectivity index is 1.86. The van der Waals surface area contributed by atoms with Crippen molar-refractivity contribution in [3.05, 3.63) is 63.1 Å². The number of nitrogens with one attached hydrogen (secondary N) is 1. The topological polar surface area (TPSA) is 38.3 Å². The van der Waals surface area contributed by atoms with Crippen molar-refractivity contribution < 1.29 is 9.53 Å². The number of halogens is 3. The molecule has 1 amide bonds. The van der Waals surface area contributed by atoms with Gasteiger partial charge in [0.1, 0.15) is 5.75 Å². The van der Waals surface area contributed by atoms with Crippen LogP contribution in [0.4, 0.5) is 0 Å². The van der Waals surface area contributed by atoms with E-state index < -0.39 is 6.10 Å². The van der Waals surface area contributed by atoms with Crippen molar-refractivity contribution in [2.75, 3.05) is 0 Å². The zero-order valence-corrected chi connectivity index (χ0v) is 16.3. The van der Waals surface area contributed by atoms with Crippen LogP contribution in [0.25, 0.3) is 0 Å². The van der Waals surface area contributed by atoms with Gasteiger partial charge >= 0.3 is 0 Å². The van der Waals surface area contributed by atoms with E-state index in [1.54, 1.807) is 6.92 Å². The van der Waals surface area contributed by atoms with Crippen molar-refractivity contribution >= 4 is 40.7 Å². The van der Waals surface area contributed by atoms with Crippen LogP contribution in [0.2, 0.25) is 15.1 Å². The summed E-state index contributed by atoms with van der Waals surface area (Å²) in [6, 6.07) is 13.2. The first-order chi connectivity index (χ1) is 11.9. The van der Waals surface area contributed by atoms with E-state index in [1.165, 1.54) is 17.7 Å². The third kappa shape index (κ3) is 6.10. The van der Waals surface area contributed by atoms with Gasteiger partial charge < -0.3 is 10.1 Å². The first kappa shape index (κ1) is 19.9. The molecular formula is C19H20Cl3NO2. The first-order valence-electron chi connectivity index (χ1n) is 8.02. The van der Waals surface area contributed by atoms with Crippen LogP contribution in [0.15, 0.2) is 42.5 Å². The van der Waals surface area contributed by atoms with Gasteiger partial charge in [0.2, 0.25) is 0 Å². The molecule has 0 aliphatic rings. The lowest BCUT2D eigenvalue weighted by atomic mass is 10.1. The zero-order chi connectivity index (χ0) is 18.4. The van der Waals surface area contributed by atoms with E-state index in [1.807, 2.05) is 25.1 Å². The Morgan fingerprint density at radius 1 is 1.04 bits per heavy atom. The van der Waals surface area contributed by atoms with Gasteiger partial charge in [-0.3, -0.25) is 4.79 Å². The van der Waals surface area contributed by atoms with Gasteiger partial charge in [-0.1, -0.05) is 65.1 Å². The largest absolute Gasteiger partial charge is 0.479 e. The summed E-state index contributed by atoms with van der Waals surface area (Å²) in [5.41, 5.74) is 1.25. The standard InChI is InChI=1S/C19H20Cl3NO2/c1-12(8-9-14-6-4-3-5-7-14)23-19(24)13(2)25-18-11-16(21)15(20)10-17(18)22/h3-7,10-13H,8-9H2,1-2H3,(H,23,24)/t12-,13-/m1/s1. The van der Waals surface area contributed by atoms with Gasteiger partial charge in [-0.25, -0.2) is 0 Å². The van der Waals surface area contributed by atoms with E-state index in [9.17, 15) is 4.79 Å². The lowest BCUT2D eigenvalue weighted by molar-refractivity contribution is -0.127. The number of rotatable bonds is 7. The van der Waals surface area contributed by atoms with Crippen molar-refractivity contribution in [3.63, 3.8) is 0 Å². The molecule has 2 rings (SSSR count). The van der Waals surface area contributed by atoms with E-state index in [0.29, 0.717) is 20.8 Å². The maximum Gasteiger partial charge on any atom is 0.260 e. The number of carbonyl (C=O) groups excluding carboxylic acids is 1. The van der Waals surface area contributed by atoms with Gasteiger partial charge in [0.25, 0.3) is 5.91 Å². The molecule has 2 aromatic rings. The molecule has 134 valence electrons. The highest BCUT2D eigenvalue weighted by atomic mass is 35.5. The number of benzene rings is 2. The van der Waals surface area contributed by atoms with Crippen LogP contribution in [0.3, 0.4) is 0 Å². The Labute approximate surface area is 163 Å². The average molecular weight is 401 g/mol. The van der Waals surface area contributed by atoms with Crippen molar-refractivity contribution in [1.82, 2.24) is 5.32 Å². The van der Waals surface area contributed by atoms with Crippen LogP contribution in [0, 0.1) is 0 Å². The summed E-state index contributed by atoms with van der Waals surface area (Å²) < 4.78 is 5.62. The summed E-state index contributed by atoms with van der Waals surface area (Å²) in [5.74, 6) is 0.123. The molecule has 2 atom stereocenters. The fourth-order valence-electron chi connectivity index (χ4n) is 2.30. The molecule has 25 heavy (non-hydrogen) atoms. The van der Waals surface area contributed by atoms with Gasteiger partial charge in [-0.15, -0.1) is 0 Å². The predicted molar refractivity (Wildman–Crippen MR) is 104 cm³/mol. The molecule has 0 aliphatic heterocycles. The lowest BCUT2D eigenvalue weighted by Crippen LogP contribution is -2.41. The Hall–Kier alpha value is -1.42. The molecule has 1 N–H and O–H groups in total. The number of carbonyl (C=O) groups is 1. The Kier molecular flexibility index (Phi) is 7.42. The summed E-state index contributed by atoms with van der Waals surface area (Å²) in [7, 11) is 0. The summed E-state index contributed by atoms with van der Waals surface area (Å²) in [5, 5.41) is 3.92. The second-order valence-corrected chi connectivity index (χ2v) is 7.11. The molecule has 0 spiro atoms. The average Bonchev–Trinajstić information content (AvgIpc) is 2.58. The van der Waals surface area contributed by atoms with Crippen LogP contribution in [-0.4, -0.2) is 18.1 Å². The minimum Gasteiger partial charge on any atom is -0.479 e. The van der Waals surface area contributed by atoms with Gasteiger partial charge in [0.15, 0.2) is 6.10 Å². The van der Waals surface area contributed by atoms with Gasteiger partial charge in [0, 0.05) is 12.1 Å². The van der Waals surface area contributed by atoms with Crippen LogP contribution < -0.4 is 10.1 Å². The molecule has 0 fully saturated rings. The maximum absolute atomic E-state index is 12.3. The highest BCUT2D eigenvalue weighted by molar-refractivity contribution is 6.43. The van der Waals surface area contributed by atoms with Crippen LogP contribution >= 0.6 is 34.8 Å². The zero-order valence-electron chi connectivity index (χ0n) is 14.1. The number of ether oxygens (including phenoxy) is 1. The molecule has 0 saturated carbocycles. The van der Waals surface area contributed by atoms with Crippen molar-refractivity contribution in [1.29, 1.82) is 0 Å². The number of hydrogen-bond acceptors (Lipinski definition) is 2. The summed E-state index contributed by atoms with van der Waals surface area (Å²) in [6.07, 6.45) is 1.04. The van der Waals surface area contributed by atoms with Crippen LogP contribution in [0.1, 0.15) is 25.8 Å². The van der Waals surface area contributed by atoms with E-state index in [0.717, 1.165) is 12.8 Å². The highest BCUT2D eigenvalue weighted by Gasteiger charge is 2.19. The van der Waals surface area contributed by atoms with Crippen molar-refractivity contribution in [3.8, 4) is 5.75 Å². The Morgan fingerprint density at radius 3 is 2.36 bits per heavy atom. The lowest BCUT2D eigenvalue weighted by Gasteiger charge is -2.19. The number of hydrogen-bond donors (Lipinski definition) is 1. The molecule has 0 aliphatic carbocycles. The fourth-order valence-corrected chi connectivity index (χ4v) is 2.88.